The van der Waals surface area contributed by atoms with E-state index < -0.39 is 17.7 Å². The van der Waals surface area contributed by atoms with E-state index in [-0.39, 0.29) is 24.5 Å². The number of amides is 1. The SMILES string of the molecule is COC(=O)C(NCC(COCc1ccccc1)NC(=O)OC(C)(C)C)C(C)C. The van der Waals surface area contributed by atoms with Crippen molar-refractivity contribution in [3.63, 3.8) is 0 Å². The van der Waals surface area contributed by atoms with Crippen LogP contribution in [0.1, 0.15) is 40.2 Å². The predicted octanol–water partition coefficient (Wildman–Crippen LogP) is 2.88. The van der Waals surface area contributed by atoms with Gasteiger partial charge >= 0.3 is 12.1 Å². The molecule has 0 aliphatic heterocycles. The first-order valence-electron chi connectivity index (χ1n) is 9.54. The van der Waals surface area contributed by atoms with Gasteiger partial charge in [-0.15, -0.1) is 0 Å². The molecule has 0 radical (unpaired) electrons. The van der Waals surface area contributed by atoms with Gasteiger partial charge in [0.2, 0.25) is 0 Å². The van der Waals surface area contributed by atoms with Gasteiger partial charge in [-0.2, -0.15) is 0 Å². The van der Waals surface area contributed by atoms with Gasteiger partial charge in [0.25, 0.3) is 0 Å². The summed E-state index contributed by atoms with van der Waals surface area (Å²) >= 11 is 0. The number of esters is 1. The lowest BCUT2D eigenvalue weighted by atomic mass is 10.0. The van der Waals surface area contributed by atoms with Crippen molar-refractivity contribution in [2.24, 2.45) is 5.92 Å². The lowest BCUT2D eigenvalue weighted by molar-refractivity contribution is -0.144. The fraction of sp³-hybridized carbons (Fsp3) is 0.619. The molecule has 1 aromatic rings. The molecule has 0 aromatic heterocycles. The van der Waals surface area contributed by atoms with Gasteiger partial charge in [-0.1, -0.05) is 44.2 Å². The number of rotatable bonds is 10. The predicted molar refractivity (Wildman–Crippen MR) is 108 cm³/mol. The molecule has 28 heavy (non-hydrogen) atoms. The van der Waals surface area contributed by atoms with E-state index in [2.05, 4.69) is 10.6 Å². The van der Waals surface area contributed by atoms with Crippen LogP contribution in [0.15, 0.2) is 30.3 Å². The van der Waals surface area contributed by atoms with Gasteiger partial charge in [0, 0.05) is 6.54 Å². The first kappa shape index (κ1) is 23.9. The highest BCUT2D eigenvalue weighted by atomic mass is 16.6. The quantitative estimate of drug-likeness (QED) is 0.594. The number of benzene rings is 1. The Morgan fingerprint density at radius 3 is 2.29 bits per heavy atom. The van der Waals surface area contributed by atoms with Gasteiger partial charge in [0.1, 0.15) is 11.6 Å². The molecule has 0 spiro atoms. The fourth-order valence-electron chi connectivity index (χ4n) is 2.51. The molecule has 1 aromatic carbocycles. The number of ether oxygens (including phenoxy) is 3. The molecule has 2 atom stereocenters. The number of hydrogen-bond donors (Lipinski definition) is 2. The second kappa shape index (κ2) is 11.7. The standard InChI is InChI=1S/C21H34N2O5/c1-15(2)18(19(24)26-6)22-12-17(23-20(25)28-21(3,4)5)14-27-13-16-10-8-7-9-11-16/h7-11,15,17-18,22H,12-14H2,1-6H3,(H,23,25). The first-order chi connectivity index (χ1) is 13.1. The highest BCUT2D eigenvalue weighted by Gasteiger charge is 2.25. The topological polar surface area (TPSA) is 85.9 Å². The summed E-state index contributed by atoms with van der Waals surface area (Å²) in [5.41, 5.74) is 0.445. The minimum Gasteiger partial charge on any atom is -0.468 e. The van der Waals surface area contributed by atoms with Crippen LogP contribution >= 0.6 is 0 Å². The van der Waals surface area contributed by atoms with Crippen molar-refractivity contribution in [1.29, 1.82) is 0 Å². The number of nitrogens with one attached hydrogen (secondary N) is 2. The van der Waals surface area contributed by atoms with E-state index in [4.69, 9.17) is 14.2 Å². The Morgan fingerprint density at radius 1 is 1.11 bits per heavy atom. The molecule has 1 rings (SSSR count). The maximum Gasteiger partial charge on any atom is 0.407 e. The van der Waals surface area contributed by atoms with Crippen molar-refractivity contribution in [2.75, 3.05) is 20.3 Å². The summed E-state index contributed by atoms with van der Waals surface area (Å²) in [7, 11) is 1.36. The van der Waals surface area contributed by atoms with E-state index >= 15 is 0 Å². The molecule has 0 aliphatic rings. The number of carbonyl (C=O) groups is 2. The highest BCUT2D eigenvalue weighted by molar-refractivity contribution is 5.76. The van der Waals surface area contributed by atoms with Gasteiger partial charge in [-0.3, -0.25) is 4.79 Å². The summed E-state index contributed by atoms with van der Waals surface area (Å²) in [6.45, 7) is 10.3. The van der Waals surface area contributed by atoms with Crippen molar-refractivity contribution in [2.45, 2.75) is 58.9 Å². The minimum absolute atomic E-state index is 0.0415. The Morgan fingerprint density at radius 2 is 1.75 bits per heavy atom. The molecule has 158 valence electrons. The smallest absolute Gasteiger partial charge is 0.407 e. The van der Waals surface area contributed by atoms with Crippen LogP contribution in [0.2, 0.25) is 0 Å². The maximum atomic E-state index is 12.2. The molecule has 2 N–H and O–H groups in total. The zero-order valence-electron chi connectivity index (χ0n) is 17.8. The third kappa shape index (κ3) is 9.71. The largest absolute Gasteiger partial charge is 0.468 e. The third-order valence-electron chi connectivity index (χ3n) is 3.86. The summed E-state index contributed by atoms with van der Waals surface area (Å²) in [6, 6.07) is 8.94. The Labute approximate surface area is 168 Å². The molecule has 7 heteroatoms. The van der Waals surface area contributed by atoms with Crippen molar-refractivity contribution < 1.29 is 23.8 Å². The van der Waals surface area contributed by atoms with Crippen LogP contribution in [0, 0.1) is 5.92 Å². The number of alkyl carbamates (subject to hydrolysis) is 1. The lowest BCUT2D eigenvalue weighted by Crippen LogP contribution is -2.51. The summed E-state index contributed by atoms with van der Waals surface area (Å²) in [6.07, 6.45) is -0.526. The molecule has 0 aliphatic carbocycles. The van der Waals surface area contributed by atoms with Gasteiger partial charge in [-0.05, 0) is 32.3 Å². The van der Waals surface area contributed by atoms with E-state index in [0.717, 1.165) is 5.56 Å². The zero-order valence-corrected chi connectivity index (χ0v) is 17.8. The Kier molecular flexibility index (Phi) is 9.96. The lowest BCUT2D eigenvalue weighted by Gasteiger charge is -2.26. The normalized spacial score (nSPS) is 13.7. The Balaban J connectivity index is 2.67. The Hall–Kier alpha value is -2.12. The molecule has 0 saturated carbocycles. The molecule has 0 saturated heterocycles. The Bertz CT molecular complexity index is 599. The van der Waals surface area contributed by atoms with Crippen molar-refractivity contribution in [3.05, 3.63) is 35.9 Å². The van der Waals surface area contributed by atoms with E-state index in [1.165, 1.54) is 7.11 Å². The average molecular weight is 395 g/mol. The highest BCUT2D eigenvalue weighted by Crippen LogP contribution is 2.08. The van der Waals surface area contributed by atoms with E-state index in [0.29, 0.717) is 13.2 Å². The minimum atomic E-state index is -0.598. The summed E-state index contributed by atoms with van der Waals surface area (Å²) in [5.74, 6) is -0.295. The van der Waals surface area contributed by atoms with Crippen LogP contribution in [0.25, 0.3) is 0 Å². The third-order valence-corrected chi connectivity index (χ3v) is 3.86. The van der Waals surface area contributed by atoms with E-state index in [9.17, 15) is 9.59 Å². The van der Waals surface area contributed by atoms with E-state index in [1.54, 1.807) is 20.8 Å². The second-order valence-corrected chi connectivity index (χ2v) is 8.00. The average Bonchev–Trinajstić information content (AvgIpc) is 2.60. The zero-order chi connectivity index (χ0) is 21.2. The summed E-state index contributed by atoms with van der Waals surface area (Å²) < 4.78 is 15.9. The molecular weight excluding hydrogens is 360 g/mol. The summed E-state index contributed by atoms with van der Waals surface area (Å²) in [5, 5.41) is 5.97. The fourth-order valence-corrected chi connectivity index (χ4v) is 2.51. The molecule has 2 unspecified atom stereocenters. The molecule has 0 bridgehead atoms. The van der Waals surface area contributed by atoms with E-state index in [1.807, 2.05) is 44.2 Å². The van der Waals surface area contributed by atoms with Crippen LogP contribution in [0.5, 0.6) is 0 Å². The molecule has 0 heterocycles. The number of methoxy groups -OCH3 is 1. The van der Waals surface area contributed by atoms with Crippen LogP contribution in [-0.2, 0) is 25.6 Å². The van der Waals surface area contributed by atoms with Crippen molar-refractivity contribution in [1.82, 2.24) is 10.6 Å². The number of carbonyl (C=O) groups excluding carboxylic acids is 2. The van der Waals surface area contributed by atoms with Crippen LogP contribution in [-0.4, -0.2) is 50.0 Å². The summed E-state index contributed by atoms with van der Waals surface area (Å²) in [4.78, 5) is 24.1. The number of hydrogen-bond acceptors (Lipinski definition) is 6. The van der Waals surface area contributed by atoms with Crippen LogP contribution in [0.3, 0.4) is 0 Å². The van der Waals surface area contributed by atoms with Gasteiger partial charge in [0.15, 0.2) is 0 Å². The van der Waals surface area contributed by atoms with Gasteiger partial charge < -0.3 is 24.8 Å². The monoisotopic (exact) mass is 394 g/mol. The molecular formula is C21H34N2O5. The second-order valence-electron chi connectivity index (χ2n) is 8.00. The van der Waals surface area contributed by atoms with Crippen molar-refractivity contribution in [3.8, 4) is 0 Å². The molecule has 7 nitrogen and oxygen atoms in total. The van der Waals surface area contributed by atoms with Gasteiger partial charge in [0.05, 0.1) is 26.4 Å². The van der Waals surface area contributed by atoms with Crippen molar-refractivity contribution >= 4 is 12.1 Å². The van der Waals surface area contributed by atoms with Crippen LogP contribution < -0.4 is 10.6 Å². The molecule has 1 amide bonds. The first-order valence-corrected chi connectivity index (χ1v) is 9.54. The maximum absolute atomic E-state index is 12.2. The van der Waals surface area contributed by atoms with Crippen LogP contribution in [0.4, 0.5) is 4.79 Å². The molecule has 0 fully saturated rings. The van der Waals surface area contributed by atoms with Gasteiger partial charge in [-0.25, -0.2) is 4.79 Å².